The summed E-state index contributed by atoms with van der Waals surface area (Å²) in [5, 5.41) is 0. The summed E-state index contributed by atoms with van der Waals surface area (Å²) in [5.41, 5.74) is 8.11. The van der Waals surface area contributed by atoms with Gasteiger partial charge in [0.2, 0.25) is 5.95 Å². The number of nitrogens with two attached hydrogens (primary N) is 1. The molecule has 1 aliphatic heterocycles. The minimum atomic E-state index is 0.239. The third-order valence-corrected chi connectivity index (χ3v) is 5.15. The number of fused-ring (bicyclic) bond motifs is 1. The van der Waals surface area contributed by atoms with Crippen molar-refractivity contribution < 1.29 is 4.74 Å². The zero-order valence-corrected chi connectivity index (χ0v) is 15.3. The van der Waals surface area contributed by atoms with Gasteiger partial charge in [0, 0.05) is 32.0 Å². The van der Waals surface area contributed by atoms with Crippen molar-refractivity contribution in [1.29, 1.82) is 0 Å². The third kappa shape index (κ3) is 3.08. The van der Waals surface area contributed by atoms with Gasteiger partial charge in [0.1, 0.15) is 5.82 Å². The molecule has 1 saturated heterocycles. The Morgan fingerprint density at radius 1 is 1.11 bits per heavy atom. The predicted molar refractivity (Wildman–Crippen MR) is 101 cm³/mol. The lowest BCUT2D eigenvalue weighted by molar-refractivity contribution is 0.122. The van der Waals surface area contributed by atoms with Gasteiger partial charge in [0.15, 0.2) is 22.8 Å². The first-order chi connectivity index (χ1) is 13.2. The molecule has 0 amide bonds. The number of morpholine rings is 1. The van der Waals surface area contributed by atoms with Crippen LogP contribution in [0, 0.1) is 12.8 Å². The van der Waals surface area contributed by atoms with Crippen molar-refractivity contribution in [2.45, 2.75) is 26.3 Å². The third-order valence-electron chi connectivity index (χ3n) is 5.15. The van der Waals surface area contributed by atoms with Crippen LogP contribution in [0.25, 0.3) is 22.6 Å². The molecule has 9 heteroatoms. The van der Waals surface area contributed by atoms with Crippen LogP contribution < -0.4 is 10.6 Å². The maximum Gasteiger partial charge on any atom is 0.219 e. The Bertz CT molecular complexity index is 973. The van der Waals surface area contributed by atoms with Crippen LogP contribution in [0.3, 0.4) is 0 Å². The van der Waals surface area contributed by atoms with E-state index in [1.165, 1.54) is 12.8 Å². The molecule has 0 radical (unpaired) electrons. The normalized spacial score (nSPS) is 17.6. The maximum atomic E-state index is 5.63. The molecule has 1 aliphatic carbocycles. The minimum Gasteiger partial charge on any atom is -0.378 e. The van der Waals surface area contributed by atoms with Crippen LogP contribution in [0.4, 0.5) is 11.8 Å². The van der Waals surface area contributed by atoms with Crippen LogP contribution in [0.15, 0.2) is 12.4 Å². The molecule has 0 aromatic carbocycles. The Balaban J connectivity index is 1.68. The Morgan fingerprint density at radius 3 is 2.56 bits per heavy atom. The number of hydrogen-bond donors (Lipinski definition) is 1. The molecule has 0 bridgehead atoms. The van der Waals surface area contributed by atoms with Gasteiger partial charge in [-0.05, 0) is 25.7 Å². The van der Waals surface area contributed by atoms with Crippen molar-refractivity contribution in [3.63, 3.8) is 0 Å². The van der Waals surface area contributed by atoms with E-state index in [9.17, 15) is 0 Å². The first kappa shape index (κ1) is 16.4. The van der Waals surface area contributed by atoms with Gasteiger partial charge < -0.3 is 19.9 Å². The van der Waals surface area contributed by atoms with E-state index in [0.29, 0.717) is 19.0 Å². The van der Waals surface area contributed by atoms with E-state index < -0.39 is 0 Å². The highest BCUT2D eigenvalue weighted by Gasteiger charge is 2.27. The summed E-state index contributed by atoms with van der Waals surface area (Å²) in [6, 6.07) is 0. The number of ether oxygens (including phenoxy) is 1. The fourth-order valence-corrected chi connectivity index (χ4v) is 3.45. The first-order valence-electron chi connectivity index (χ1n) is 9.34. The van der Waals surface area contributed by atoms with E-state index >= 15 is 0 Å². The summed E-state index contributed by atoms with van der Waals surface area (Å²) in [7, 11) is 0. The average Bonchev–Trinajstić information content (AvgIpc) is 3.46. The second kappa shape index (κ2) is 6.41. The molecule has 140 valence electrons. The van der Waals surface area contributed by atoms with E-state index in [1.54, 1.807) is 12.4 Å². The molecule has 2 fully saturated rings. The lowest BCUT2D eigenvalue weighted by Crippen LogP contribution is -2.37. The van der Waals surface area contributed by atoms with Crippen LogP contribution in [-0.2, 0) is 11.3 Å². The highest BCUT2D eigenvalue weighted by atomic mass is 16.5. The topological polar surface area (TPSA) is 108 Å². The Morgan fingerprint density at radius 2 is 1.85 bits per heavy atom. The molecular formula is C18H22N8O. The van der Waals surface area contributed by atoms with Crippen molar-refractivity contribution >= 4 is 22.9 Å². The highest BCUT2D eigenvalue weighted by Crippen LogP contribution is 2.34. The SMILES string of the molecule is Cc1nc2c(N3CCOCC3)nc(-c3cnc(N)nc3)nc2n1CC1CC1. The van der Waals surface area contributed by atoms with Gasteiger partial charge in [-0.3, -0.25) is 0 Å². The van der Waals surface area contributed by atoms with E-state index in [4.69, 9.17) is 25.4 Å². The van der Waals surface area contributed by atoms with Crippen LogP contribution in [0.5, 0.6) is 0 Å². The molecule has 4 heterocycles. The predicted octanol–water partition coefficient (Wildman–Crippen LogP) is 1.42. The monoisotopic (exact) mass is 366 g/mol. The van der Waals surface area contributed by atoms with E-state index in [0.717, 1.165) is 53.9 Å². The summed E-state index contributed by atoms with van der Waals surface area (Å²) < 4.78 is 7.73. The fraction of sp³-hybridized carbons (Fsp3) is 0.500. The quantitative estimate of drug-likeness (QED) is 0.739. The lowest BCUT2D eigenvalue weighted by atomic mass is 10.3. The highest BCUT2D eigenvalue weighted by molar-refractivity contribution is 5.86. The van der Waals surface area contributed by atoms with Crippen molar-refractivity contribution in [3.8, 4) is 11.4 Å². The Labute approximate surface area is 156 Å². The summed E-state index contributed by atoms with van der Waals surface area (Å²) in [4.78, 5) is 24.9. The van der Waals surface area contributed by atoms with E-state index in [2.05, 4.69) is 19.4 Å². The standard InChI is InChI=1S/C18H22N8O/c1-11-22-14-16(25-4-6-27-7-5-25)23-15(13-8-20-18(19)21-9-13)24-17(14)26(11)10-12-2-3-12/h8-9,12H,2-7,10H2,1H3,(H2,19,20,21). The average molecular weight is 366 g/mol. The molecule has 9 nitrogen and oxygen atoms in total. The number of imidazole rings is 1. The summed E-state index contributed by atoms with van der Waals surface area (Å²) >= 11 is 0. The summed E-state index contributed by atoms with van der Waals surface area (Å²) in [6.07, 6.45) is 5.89. The zero-order chi connectivity index (χ0) is 18.4. The van der Waals surface area contributed by atoms with Crippen molar-refractivity contribution in [3.05, 3.63) is 18.2 Å². The number of nitrogens with zero attached hydrogens (tertiary/aromatic N) is 7. The van der Waals surface area contributed by atoms with Crippen LogP contribution in [-0.4, -0.2) is 55.8 Å². The second-order valence-electron chi connectivity index (χ2n) is 7.19. The number of nitrogen functional groups attached to an aromatic ring is 1. The second-order valence-corrected chi connectivity index (χ2v) is 7.19. The number of anilines is 2. The maximum absolute atomic E-state index is 5.63. The summed E-state index contributed by atoms with van der Waals surface area (Å²) in [6.45, 7) is 5.95. The molecule has 2 N–H and O–H groups in total. The lowest BCUT2D eigenvalue weighted by Gasteiger charge is -2.28. The summed E-state index contributed by atoms with van der Waals surface area (Å²) in [5.74, 6) is 3.40. The smallest absolute Gasteiger partial charge is 0.219 e. The molecule has 0 spiro atoms. The van der Waals surface area contributed by atoms with Gasteiger partial charge in [0.25, 0.3) is 0 Å². The van der Waals surface area contributed by atoms with Gasteiger partial charge in [-0.1, -0.05) is 0 Å². The Kier molecular flexibility index (Phi) is 3.89. The molecule has 2 aliphatic rings. The molecular weight excluding hydrogens is 344 g/mol. The Hall–Kier alpha value is -2.81. The van der Waals surface area contributed by atoms with Crippen LogP contribution in [0.2, 0.25) is 0 Å². The number of rotatable bonds is 4. The van der Waals surface area contributed by atoms with Gasteiger partial charge in [-0.25, -0.2) is 24.9 Å². The molecule has 1 saturated carbocycles. The number of hydrogen-bond acceptors (Lipinski definition) is 8. The minimum absolute atomic E-state index is 0.239. The van der Waals surface area contributed by atoms with Crippen molar-refractivity contribution in [2.75, 3.05) is 36.9 Å². The zero-order valence-electron chi connectivity index (χ0n) is 15.3. The van der Waals surface area contributed by atoms with Gasteiger partial charge in [-0.15, -0.1) is 0 Å². The fourth-order valence-electron chi connectivity index (χ4n) is 3.45. The van der Waals surface area contributed by atoms with Crippen molar-refractivity contribution in [2.24, 2.45) is 5.92 Å². The molecule has 27 heavy (non-hydrogen) atoms. The molecule has 3 aromatic rings. The number of aryl methyl sites for hydroxylation is 1. The molecule has 0 unspecified atom stereocenters. The van der Waals surface area contributed by atoms with Crippen LogP contribution >= 0.6 is 0 Å². The van der Waals surface area contributed by atoms with Gasteiger partial charge in [0.05, 0.1) is 18.8 Å². The van der Waals surface area contributed by atoms with Gasteiger partial charge >= 0.3 is 0 Å². The van der Waals surface area contributed by atoms with E-state index in [1.807, 2.05) is 6.92 Å². The van der Waals surface area contributed by atoms with E-state index in [-0.39, 0.29) is 5.95 Å². The number of aromatic nitrogens is 6. The van der Waals surface area contributed by atoms with Crippen molar-refractivity contribution in [1.82, 2.24) is 29.5 Å². The largest absolute Gasteiger partial charge is 0.378 e. The molecule has 3 aromatic heterocycles. The van der Waals surface area contributed by atoms with Crippen LogP contribution in [0.1, 0.15) is 18.7 Å². The molecule has 0 atom stereocenters. The first-order valence-corrected chi connectivity index (χ1v) is 9.34. The molecule has 5 rings (SSSR count). The van der Waals surface area contributed by atoms with Gasteiger partial charge in [-0.2, -0.15) is 0 Å².